The average molecular weight is 378 g/mol. The van der Waals surface area contributed by atoms with Gasteiger partial charge in [-0.25, -0.2) is 0 Å². The van der Waals surface area contributed by atoms with E-state index in [4.69, 9.17) is 11.6 Å². The smallest absolute Gasteiger partial charge is 0.257 e. The summed E-state index contributed by atoms with van der Waals surface area (Å²) < 4.78 is 0. The zero-order valence-corrected chi connectivity index (χ0v) is 15.0. The second-order valence-electron chi connectivity index (χ2n) is 5.62. The Morgan fingerprint density at radius 1 is 0.889 bits per heavy atom. The van der Waals surface area contributed by atoms with Crippen LogP contribution in [-0.2, 0) is 4.79 Å². The fourth-order valence-corrected chi connectivity index (χ4v) is 2.44. The highest BCUT2D eigenvalue weighted by molar-refractivity contribution is 6.30. The molecule has 0 aliphatic heterocycles. The van der Waals surface area contributed by atoms with Crippen LogP contribution in [0.4, 0.5) is 11.4 Å². The van der Waals surface area contributed by atoms with Gasteiger partial charge in [0.1, 0.15) is 0 Å². The minimum atomic E-state index is -0.312. The fourth-order valence-electron chi connectivity index (χ4n) is 2.31. The molecule has 3 aromatic rings. The van der Waals surface area contributed by atoms with Gasteiger partial charge in [0.2, 0.25) is 5.91 Å². The van der Waals surface area contributed by atoms with Crippen molar-refractivity contribution in [2.75, 3.05) is 10.6 Å². The third-order valence-corrected chi connectivity index (χ3v) is 3.91. The Labute approximate surface area is 161 Å². The van der Waals surface area contributed by atoms with Crippen LogP contribution in [0, 0.1) is 0 Å². The number of nitrogens with one attached hydrogen (secondary N) is 2. The Balaban J connectivity index is 1.69. The number of benzene rings is 2. The second kappa shape index (κ2) is 8.78. The number of rotatable bonds is 5. The predicted molar refractivity (Wildman–Crippen MR) is 108 cm³/mol. The van der Waals surface area contributed by atoms with E-state index in [1.807, 2.05) is 12.1 Å². The molecule has 1 aromatic heterocycles. The Morgan fingerprint density at radius 3 is 2.26 bits per heavy atom. The molecule has 0 radical (unpaired) electrons. The van der Waals surface area contributed by atoms with E-state index in [1.165, 1.54) is 12.3 Å². The summed E-state index contributed by atoms with van der Waals surface area (Å²) in [6.45, 7) is 0. The van der Waals surface area contributed by atoms with Crippen LogP contribution in [-0.4, -0.2) is 16.8 Å². The molecular weight excluding hydrogens is 362 g/mol. The lowest BCUT2D eigenvalue weighted by atomic mass is 10.2. The first-order valence-corrected chi connectivity index (χ1v) is 8.55. The Bertz CT molecular complexity index is 970. The van der Waals surface area contributed by atoms with Gasteiger partial charge < -0.3 is 10.6 Å². The first-order chi connectivity index (χ1) is 13.1. The average Bonchev–Trinajstić information content (AvgIpc) is 2.70. The zero-order valence-electron chi connectivity index (χ0n) is 14.2. The third kappa shape index (κ3) is 5.26. The maximum atomic E-state index is 12.3. The number of carbonyl (C=O) groups is 2. The second-order valence-corrected chi connectivity index (χ2v) is 6.05. The molecular formula is C21H16ClN3O2. The summed E-state index contributed by atoms with van der Waals surface area (Å²) in [7, 11) is 0. The lowest BCUT2D eigenvalue weighted by Gasteiger charge is -2.11. The number of hydrogen-bond donors (Lipinski definition) is 2. The topological polar surface area (TPSA) is 71.1 Å². The number of hydrogen-bond acceptors (Lipinski definition) is 3. The minimum absolute atomic E-state index is 0.304. The van der Waals surface area contributed by atoms with Crippen molar-refractivity contribution in [2.45, 2.75) is 0 Å². The molecule has 1 heterocycles. The lowest BCUT2D eigenvalue weighted by Crippen LogP contribution is -2.15. The SMILES string of the molecule is O=C(/C=C/c1ccc(Cl)cc1)Nc1ccccc1NC(=O)c1cccnc1. The quantitative estimate of drug-likeness (QED) is 0.636. The van der Waals surface area contributed by atoms with Gasteiger partial charge in [-0.3, -0.25) is 14.6 Å². The normalized spacial score (nSPS) is 10.6. The van der Waals surface area contributed by atoms with E-state index >= 15 is 0 Å². The van der Waals surface area contributed by atoms with Gasteiger partial charge in [-0.05, 0) is 48.0 Å². The molecule has 3 rings (SSSR count). The van der Waals surface area contributed by atoms with Crippen molar-refractivity contribution in [2.24, 2.45) is 0 Å². The van der Waals surface area contributed by atoms with E-state index in [1.54, 1.807) is 60.8 Å². The summed E-state index contributed by atoms with van der Waals surface area (Å²) in [4.78, 5) is 28.4. The molecule has 0 unspecified atom stereocenters. The van der Waals surface area contributed by atoms with Crippen molar-refractivity contribution >= 4 is 40.9 Å². The van der Waals surface area contributed by atoms with Crippen molar-refractivity contribution in [1.82, 2.24) is 4.98 Å². The maximum absolute atomic E-state index is 12.3. The predicted octanol–water partition coefficient (Wildman–Crippen LogP) is 4.64. The van der Waals surface area contributed by atoms with E-state index in [0.717, 1.165) is 5.56 Å². The summed E-state index contributed by atoms with van der Waals surface area (Å²) in [5.74, 6) is -0.616. The minimum Gasteiger partial charge on any atom is -0.321 e. The van der Waals surface area contributed by atoms with Gasteiger partial charge in [0.25, 0.3) is 5.91 Å². The van der Waals surface area contributed by atoms with Crippen LogP contribution in [0.1, 0.15) is 15.9 Å². The summed E-state index contributed by atoms with van der Waals surface area (Å²) in [5, 5.41) is 6.18. The molecule has 2 amide bonds. The van der Waals surface area contributed by atoms with Crippen molar-refractivity contribution < 1.29 is 9.59 Å². The van der Waals surface area contributed by atoms with Gasteiger partial charge >= 0.3 is 0 Å². The Kier molecular flexibility index (Phi) is 5.97. The number of halogens is 1. The zero-order chi connectivity index (χ0) is 19.1. The van der Waals surface area contributed by atoms with Crippen LogP contribution in [0.3, 0.4) is 0 Å². The summed E-state index contributed by atoms with van der Waals surface area (Å²) >= 11 is 5.84. The molecule has 0 bridgehead atoms. The first-order valence-electron chi connectivity index (χ1n) is 8.17. The molecule has 0 aliphatic carbocycles. The monoisotopic (exact) mass is 377 g/mol. The number of aromatic nitrogens is 1. The van der Waals surface area contributed by atoms with Gasteiger partial charge in [0.15, 0.2) is 0 Å². The number of pyridine rings is 1. The van der Waals surface area contributed by atoms with E-state index in [9.17, 15) is 9.59 Å². The molecule has 2 N–H and O–H groups in total. The maximum Gasteiger partial charge on any atom is 0.257 e. The Morgan fingerprint density at radius 2 is 1.59 bits per heavy atom. The number of carbonyl (C=O) groups excluding carboxylic acids is 2. The summed E-state index contributed by atoms with van der Waals surface area (Å²) in [6.07, 6.45) is 6.18. The van der Waals surface area contributed by atoms with Crippen molar-refractivity contribution in [3.8, 4) is 0 Å². The molecule has 5 nitrogen and oxygen atoms in total. The molecule has 0 atom stereocenters. The van der Waals surface area contributed by atoms with Crippen LogP contribution >= 0.6 is 11.6 Å². The molecule has 0 saturated heterocycles. The van der Waals surface area contributed by atoms with Crippen molar-refractivity contribution in [1.29, 1.82) is 0 Å². The third-order valence-electron chi connectivity index (χ3n) is 3.65. The largest absolute Gasteiger partial charge is 0.321 e. The van der Waals surface area contributed by atoms with E-state index in [2.05, 4.69) is 15.6 Å². The van der Waals surface area contributed by atoms with Crippen LogP contribution in [0.15, 0.2) is 79.1 Å². The van der Waals surface area contributed by atoms with Gasteiger partial charge in [-0.1, -0.05) is 35.9 Å². The highest BCUT2D eigenvalue weighted by Gasteiger charge is 2.10. The van der Waals surface area contributed by atoms with Crippen LogP contribution in [0.2, 0.25) is 5.02 Å². The molecule has 0 spiro atoms. The number of amides is 2. The summed E-state index contributed by atoms with van der Waals surface area (Å²) in [6, 6.07) is 17.5. The number of anilines is 2. The highest BCUT2D eigenvalue weighted by Crippen LogP contribution is 2.22. The molecule has 27 heavy (non-hydrogen) atoms. The molecule has 0 aliphatic rings. The molecule has 6 heteroatoms. The Hall–Kier alpha value is -3.44. The number of para-hydroxylation sites is 2. The van der Waals surface area contributed by atoms with E-state index < -0.39 is 0 Å². The highest BCUT2D eigenvalue weighted by atomic mass is 35.5. The number of nitrogens with zero attached hydrogens (tertiary/aromatic N) is 1. The van der Waals surface area contributed by atoms with Crippen molar-refractivity contribution in [3.63, 3.8) is 0 Å². The standard InChI is InChI=1S/C21H16ClN3O2/c22-17-10-7-15(8-11-17)9-12-20(26)24-18-5-1-2-6-19(18)25-21(27)16-4-3-13-23-14-16/h1-14H,(H,24,26)(H,25,27)/b12-9+. The molecule has 2 aromatic carbocycles. The molecule has 0 fully saturated rings. The molecule has 0 saturated carbocycles. The first kappa shape index (κ1) is 18.4. The van der Waals surface area contributed by atoms with E-state index in [0.29, 0.717) is 22.0 Å². The van der Waals surface area contributed by atoms with Crippen LogP contribution in [0.5, 0.6) is 0 Å². The lowest BCUT2D eigenvalue weighted by molar-refractivity contribution is -0.111. The molecule has 134 valence electrons. The van der Waals surface area contributed by atoms with Gasteiger partial charge in [0.05, 0.1) is 16.9 Å². The summed E-state index contributed by atoms with van der Waals surface area (Å²) in [5.41, 5.74) is 2.29. The fraction of sp³-hybridized carbons (Fsp3) is 0. The van der Waals surface area contributed by atoms with Gasteiger partial charge in [-0.15, -0.1) is 0 Å². The van der Waals surface area contributed by atoms with Crippen LogP contribution < -0.4 is 10.6 Å². The van der Waals surface area contributed by atoms with Gasteiger partial charge in [-0.2, -0.15) is 0 Å². The van der Waals surface area contributed by atoms with Crippen molar-refractivity contribution in [3.05, 3.63) is 95.3 Å². The van der Waals surface area contributed by atoms with E-state index in [-0.39, 0.29) is 11.8 Å². The van der Waals surface area contributed by atoms with Gasteiger partial charge in [0, 0.05) is 23.5 Å². The van der Waals surface area contributed by atoms with Crippen LogP contribution in [0.25, 0.3) is 6.08 Å².